The molecule has 0 radical (unpaired) electrons. The second-order valence-electron chi connectivity index (χ2n) is 8.33. The Morgan fingerprint density at radius 2 is 1.71 bits per heavy atom. The maximum absolute atomic E-state index is 12.9. The molecule has 1 atom stereocenters. The largest absolute Gasteiger partial charge is 0.378 e. The molecule has 5 heteroatoms. The molecule has 1 spiro atoms. The summed E-state index contributed by atoms with van der Waals surface area (Å²) >= 11 is 0. The molecule has 0 saturated carbocycles. The second-order valence-corrected chi connectivity index (χ2v) is 8.33. The lowest BCUT2D eigenvalue weighted by atomic mass is 9.82. The summed E-state index contributed by atoms with van der Waals surface area (Å²) < 4.78 is 5.79. The lowest BCUT2D eigenvalue weighted by Crippen LogP contribution is -2.81. The first-order valence-corrected chi connectivity index (χ1v) is 10.2. The molecule has 5 rings (SSSR count). The number of benzene rings is 2. The summed E-state index contributed by atoms with van der Waals surface area (Å²) in [4.78, 5) is 20.0. The molecule has 2 aromatic rings. The Kier molecular flexibility index (Phi) is 4.67. The van der Waals surface area contributed by atoms with E-state index >= 15 is 0 Å². The van der Waals surface area contributed by atoms with Gasteiger partial charge < -0.3 is 9.64 Å². The van der Waals surface area contributed by atoms with Gasteiger partial charge in [-0.1, -0.05) is 48.5 Å². The van der Waals surface area contributed by atoms with Gasteiger partial charge in [0.1, 0.15) is 0 Å². The Balaban J connectivity index is 1.33. The SMILES string of the molecule is O=C(c1ccccc1)N1CC2(CN(Cc3ccccc3)C[C@@H]3COCCN32)C1. The van der Waals surface area contributed by atoms with Crippen LogP contribution in [0.15, 0.2) is 60.7 Å². The van der Waals surface area contributed by atoms with Crippen LogP contribution in [0.4, 0.5) is 0 Å². The Bertz CT molecular complexity index is 820. The maximum atomic E-state index is 12.9. The molecule has 3 aliphatic rings. The van der Waals surface area contributed by atoms with E-state index in [1.165, 1.54) is 5.56 Å². The van der Waals surface area contributed by atoms with E-state index in [-0.39, 0.29) is 11.4 Å². The van der Waals surface area contributed by atoms with Crippen molar-refractivity contribution in [3.05, 3.63) is 71.8 Å². The summed E-state index contributed by atoms with van der Waals surface area (Å²) in [6.07, 6.45) is 0. The van der Waals surface area contributed by atoms with Gasteiger partial charge in [0.15, 0.2) is 0 Å². The van der Waals surface area contributed by atoms with E-state index in [1.807, 2.05) is 35.2 Å². The molecule has 146 valence electrons. The van der Waals surface area contributed by atoms with Crippen molar-refractivity contribution in [1.29, 1.82) is 0 Å². The molecule has 0 bridgehead atoms. The number of nitrogens with zero attached hydrogens (tertiary/aromatic N) is 3. The molecule has 1 amide bonds. The van der Waals surface area contributed by atoms with Crippen LogP contribution < -0.4 is 0 Å². The quantitative estimate of drug-likeness (QED) is 0.821. The van der Waals surface area contributed by atoms with E-state index in [0.717, 1.165) is 58.0 Å². The van der Waals surface area contributed by atoms with Crippen LogP contribution in [0.3, 0.4) is 0 Å². The molecule has 3 saturated heterocycles. The van der Waals surface area contributed by atoms with Crippen molar-refractivity contribution in [2.45, 2.75) is 18.1 Å². The summed E-state index contributed by atoms with van der Waals surface area (Å²) in [5.41, 5.74) is 2.19. The number of hydrogen-bond donors (Lipinski definition) is 0. The van der Waals surface area contributed by atoms with Crippen LogP contribution in [0, 0.1) is 0 Å². The first-order chi connectivity index (χ1) is 13.7. The van der Waals surface area contributed by atoms with Crippen molar-refractivity contribution in [2.75, 3.05) is 45.9 Å². The van der Waals surface area contributed by atoms with Gasteiger partial charge in [-0.25, -0.2) is 0 Å². The number of hydrogen-bond acceptors (Lipinski definition) is 4. The first kappa shape index (κ1) is 17.9. The second kappa shape index (κ2) is 7.32. The minimum atomic E-state index is 0.0614. The van der Waals surface area contributed by atoms with Gasteiger partial charge in [0, 0.05) is 50.9 Å². The highest BCUT2D eigenvalue weighted by atomic mass is 16.5. The summed E-state index contributed by atoms with van der Waals surface area (Å²) in [6, 6.07) is 20.7. The normalized spacial score (nSPS) is 24.6. The maximum Gasteiger partial charge on any atom is 0.253 e. The fourth-order valence-corrected chi connectivity index (χ4v) is 5.12. The molecule has 0 aliphatic carbocycles. The average Bonchev–Trinajstić information content (AvgIpc) is 2.72. The van der Waals surface area contributed by atoms with Crippen molar-refractivity contribution < 1.29 is 9.53 Å². The van der Waals surface area contributed by atoms with Crippen molar-refractivity contribution >= 4 is 5.91 Å². The fourth-order valence-electron chi connectivity index (χ4n) is 5.12. The number of ether oxygens (including phenoxy) is 1. The molecule has 3 heterocycles. The minimum Gasteiger partial charge on any atom is -0.378 e. The van der Waals surface area contributed by atoms with E-state index in [4.69, 9.17) is 4.74 Å². The standard InChI is InChI=1S/C23H27N3O2/c27-22(20-9-5-2-6-10-20)25-17-23(18-25)16-24(13-19-7-3-1-4-8-19)14-21-15-28-12-11-26(21)23/h1-10,21H,11-18H2/t21-/m1/s1. The van der Waals surface area contributed by atoms with Crippen LogP contribution in [0.25, 0.3) is 0 Å². The summed E-state index contributed by atoms with van der Waals surface area (Å²) in [6.45, 7) is 7.17. The molecule has 0 N–H and O–H groups in total. The third-order valence-corrected chi connectivity index (χ3v) is 6.35. The number of fused-ring (bicyclic) bond motifs is 2. The highest BCUT2D eigenvalue weighted by molar-refractivity contribution is 5.95. The molecule has 2 aromatic carbocycles. The van der Waals surface area contributed by atoms with Crippen LogP contribution >= 0.6 is 0 Å². The molecular weight excluding hydrogens is 350 g/mol. The summed E-state index contributed by atoms with van der Waals surface area (Å²) in [5.74, 6) is 0.149. The van der Waals surface area contributed by atoms with Crippen LogP contribution in [-0.4, -0.2) is 78.1 Å². The Hall–Kier alpha value is -2.21. The Labute approximate surface area is 166 Å². The van der Waals surface area contributed by atoms with Crippen LogP contribution in [-0.2, 0) is 11.3 Å². The van der Waals surface area contributed by atoms with Crippen LogP contribution in [0.2, 0.25) is 0 Å². The van der Waals surface area contributed by atoms with E-state index in [0.29, 0.717) is 6.04 Å². The molecule has 3 aliphatic heterocycles. The Morgan fingerprint density at radius 3 is 2.46 bits per heavy atom. The van der Waals surface area contributed by atoms with Gasteiger partial charge >= 0.3 is 0 Å². The number of carbonyl (C=O) groups excluding carboxylic acids is 1. The van der Waals surface area contributed by atoms with Gasteiger partial charge in [-0.3, -0.25) is 14.6 Å². The smallest absolute Gasteiger partial charge is 0.253 e. The number of carbonyl (C=O) groups is 1. The van der Waals surface area contributed by atoms with Crippen molar-refractivity contribution in [3.8, 4) is 0 Å². The van der Waals surface area contributed by atoms with Gasteiger partial charge in [-0.2, -0.15) is 0 Å². The number of amides is 1. The third kappa shape index (κ3) is 3.24. The van der Waals surface area contributed by atoms with Crippen molar-refractivity contribution in [3.63, 3.8) is 0 Å². The highest BCUT2D eigenvalue weighted by Crippen LogP contribution is 2.36. The van der Waals surface area contributed by atoms with Gasteiger partial charge in [-0.05, 0) is 17.7 Å². The number of piperazine rings is 1. The van der Waals surface area contributed by atoms with E-state index in [1.54, 1.807) is 0 Å². The predicted molar refractivity (Wildman–Crippen MR) is 108 cm³/mol. The summed E-state index contributed by atoms with van der Waals surface area (Å²) in [7, 11) is 0. The molecule has 0 unspecified atom stereocenters. The summed E-state index contributed by atoms with van der Waals surface area (Å²) in [5, 5.41) is 0. The lowest BCUT2D eigenvalue weighted by Gasteiger charge is -2.63. The van der Waals surface area contributed by atoms with Crippen LogP contribution in [0.5, 0.6) is 0 Å². The van der Waals surface area contributed by atoms with E-state index in [9.17, 15) is 4.79 Å². The van der Waals surface area contributed by atoms with Crippen molar-refractivity contribution in [1.82, 2.24) is 14.7 Å². The lowest BCUT2D eigenvalue weighted by molar-refractivity contribution is -0.157. The Morgan fingerprint density at radius 1 is 1.00 bits per heavy atom. The van der Waals surface area contributed by atoms with Gasteiger partial charge in [0.2, 0.25) is 0 Å². The van der Waals surface area contributed by atoms with Crippen molar-refractivity contribution in [2.24, 2.45) is 0 Å². The van der Waals surface area contributed by atoms with Gasteiger partial charge in [-0.15, -0.1) is 0 Å². The zero-order chi connectivity index (χ0) is 19.0. The van der Waals surface area contributed by atoms with E-state index < -0.39 is 0 Å². The molecule has 5 nitrogen and oxygen atoms in total. The minimum absolute atomic E-state index is 0.0614. The van der Waals surface area contributed by atoms with Gasteiger partial charge in [0.25, 0.3) is 5.91 Å². The fraction of sp³-hybridized carbons (Fsp3) is 0.435. The van der Waals surface area contributed by atoms with Gasteiger partial charge in [0.05, 0.1) is 18.8 Å². The van der Waals surface area contributed by atoms with Crippen LogP contribution in [0.1, 0.15) is 15.9 Å². The molecule has 3 fully saturated rings. The molecular formula is C23H27N3O2. The number of rotatable bonds is 3. The third-order valence-electron chi connectivity index (χ3n) is 6.35. The number of morpholine rings is 1. The molecule has 28 heavy (non-hydrogen) atoms. The monoisotopic (exact) mass is 377 g/mol. The highest BCUT2D eigenvalue weighted by Gasteiger charge is 2.55. The first-order valence-electron chi connectivity index (χ1n) is 10.2. The zero-order valence-corrected chi connectivity index (χ0v) is 16.2. The molecule has 0 aromatic heterocycles. The topological polar surface area (TPSA) is 36.0 Å². The average molecular weight is 377 g/mol. The predicted octanol–water partition coefficient (Wildman–Crippen LogP) is 2.10. The zero-order valence-electron chi connectivity index (χ0n) is 16.2. The van der Waals surface area contributed by atoms with E-state index in [2.05, 4.69) is 40.1 Å². The number of likely N-dealkylation sites (tertiary alicyclic amines) is 1.